The average molecular weight is 238 g/mol. The Morgan fingerprint density at radius 2 is 1.94 bits per heavy atom. The molecule has 0 rings (SSSR count). The summed E-state index contributed by atoms with van der Waals surface area (Å²) in [4.78, 5) is 1.59. The molecule has 0 aliphatic rings. The lowest BCUT2D eigenvalue weighted by Gasteiger charge is -2.28. The molecule has 0 heterocycles. The maximum atomic E-state index is 12.4. The molecule has 0 aliphatic heterocycles. The third-order valence-electron chi connectivity index (χ3n) is 2.28. The maximum absolute atomic E-state index is 12.4. The van der Waals surface area contributed by atoms with Crippen LogP contribution in [0.15, 0.2) is 0 Å². The van der Waals surface area contributed by atoms with Crippen molar-refractivity contribution >= 4 is 0 Å². The molecule has 0 fully saturated rings. The van der Waals surface area contributed by atoms with Crippen molar-refractivity contribution in [2.75, 3.05) is 26.8 Å². The van der Waals surface area contributed by atoms with Gasteiger partial charge in [0.25, 0.3) is 0 Å². The first-order valence-corrected chi connectivity index (χ1v) is 5.02. The first-order chi connectivity index (χ1) is 7.32. The fourth-order valence-electron chi connectivity index (χ4n) is 1.22. The van der Waals surface area contributed by atoms with Crippen molar-refractivity contribution in [3.8, 4) is 6.07 Å². The summed E-state index contributed by atoms with van der Waals surface area (Å²) in [5.41, 5.74) is 0. The number of hydrogen-bond donors (Lipinski definition) is 0. The predicted molar refractivity (Wildman–Crippen MR) is 53.7 cm³/mol. The summed E-state index contributed by atoms with van der Waals surface area (Å²) in [5, 5.41) is 8.49. The summed E-state index contributed by atoms with van der Waals surface area (Å²) in [5.74, 6) is -1.94. The minimum absolute atomic E-state index is 0.0478. The molecule has 16 heavy (non-hydrogen) atoms. The van der Waals surface area contributed by atoms with E-state index < -0.39 is 12.1 Å². The van der Waals surface area contributed by atoms with Crippen molar-refractivity contribution < 1.29 is 17.9 Å². The van der Waals surface area contributed by atoms with E-state index in [4.69, 9.17) is 10.00 Å². The molecule has 0 saturated heterocycles. The first-order valence-electron chi connectivity index (χ1n) is 5.02. The monoisotopic (exact) mass is 238 g/mol. The largest absolute Gasteiger partial charge is 0.405 e. The lowest BCUT2D eigenvalue weighted by atomic mass is 10.1. The highest BCUT2D eigenvalue weighted by Crippen LogP contribution is 2.26. The van der Waals surface area contributed by atoms with Gasteiger partial charge >= 0.3 is 6.18 Å². The molecule has 0 aromatic heterocycles. The molecule has 0 spiro atoms. The highest BCUT2D eigenvalue weighted by atomic mass is 19.4. The molecule has 0 radical (unpaired) electrons. The van der Waals surface area contributed by atoms with Crippen molar-refractivity contribution in [2.24, 2.45) is 5.92 Å². The van der Waals surface area contributed by atoms with Gasteiger partial charge in [-0.3, -0.25) is 4.90 Å². The zero-order chi connectivity index (χ0) is 12.8. The average Bonchev–Trinajstić information content (AvgIpc) is 2.15. The summed E-state index contributed by atoms with van der Waals surface area (Å²) in [6.45, 7) is 4.03. The zero-order valence-corrected chi connectivity index (χ0v) is 9.71. The van der Waals surface area contributed by atoms with Crippen LogP contribution in [0.5, 0.6) is 0 Å². The fourth-order valence-corrected chi connectivity index (χ4v) is 1.22. The second-order valence-electron chi connectivity index (χ2n) is 3.80. The van der Waals surface area contributed by atoms with Crippen molar-refractivity contribution in [1.82, 2.24) is 4.90 Å². The van der Waals surface area contributed by atoms with E-state index in [1.807, 2.05) is 0 Å². The molecule has 0 N–H and O–H groups in total. The molecule has 0 bridgehead atoms. The molecule has 3 nitrogen and oxygen atoms in total. The van der Waals surface area contributed by atoms with E-state index in [1.165, 1.54) is 13.2 Å². The van der Waals surface area contributed by atoms with E-state index >= 15 is 0 Å². The van der Waals surface area contributed by atoms with Crippen molar-refractivity contribution in [3.63, 3.8) is 0 Å². The van der Waals surface area contributed by atoms with Crippen LogP contribution in [-0.4, -0.2) is 43.9 Å². The van der Waals surface area contributed by atoms with Crippen LogP contribution in [0.2, 0.25) is 0 Å². The Kier molecular flexibility index (Phi) is 6.38. The van der Waals surface area contributed by atoms with Crippen molar-refractivity contribution in [2.45, 2.75) is 26.1 Å². The standard InChI is InChI=1S/C10H17F3N2O/c1-8(2)15(4-5-16-3)7-9(6-14)10(11,12)13/h8-9H,4-5,7H2,1-3H3. The van der Waals surface area contributed by atoms with Gasteiger partial charge in [-0.25, -0.2) is 0 Å². The van der Waals surface area contributed by atoms with Gasteiger partial charge in [-0.1, -0.05) is 0 Å². The van der Waals surface area contributed by atoms with Crippen LogP contribution in [0.4, 0.5) is 13.2 Å². The second-order valence-corrected chi connectivity index (χ2v) is 3.80. The summed E-state index contributed by atoms with van der Waals surface area (Å²) in [7, 11) is 1.49. The number of halogens is 3. The number of rotatable bonds is 6. The number of nitriles is 1. The summed E-state index contributed by atoms with van der Waals surface area (Å²) in [6.07, 6.45) is -4.46. The molecular weight excluding hydrogens is 221 g/mol. The minimum Gasteiger partial charge on any atom is -0.383 e. The van der Waals surface area contributed by atoms with Crippen LogP contribution in [-0.2, 0) is 4.74 Å². The van der Waals surface area contributed by atoms with E-state index in [2.05, 4.69) is 0 Å². The zero-order valence-electron chi connectivity index (χ0n) is 9.71. The summed E-state index contributed by atoms with van der Waals surface area (Å²) in [6, 6.07) is 1.25. The molecule has 0 saturated carbocycles. The van der Waals surface area contributed by atoms with E-state index in [0.29, 0.717) is 13.2 Å². The van der Waals surface area contributed by atoms with Crippen LogP contribution in [0.25, 0.3) is 0 Å². The van der Waals surface area contributed by atoms with Crippen LogP contribution in [0, 0.1) is 17.2 Å². The fraction of sp³-hybridized carbons (Fsp3) is 0.900. The molecule has 0 aromatic carbocycles. The second kappa shape index (κ2) is 6.71. The Bertz CT molecular complexity index is 235. The smallest absolute Gasteiger partial charge is 0.383 e. The summed E-state index contributed by atoms with van der Waals surface area (Å²) >= 11 is 0. The lowest BCUT2D eigenvalue weighted by Crippen LogP contribution is -2.41. The Hall–Kier alpha value is -0.800. The van der Waals surface area contributed by atoms with Crippen LogP contribution in [0.3, 0.4) is 0 Å². The van der Waals surface area contributed by atoms with Crippen molar-refractivity contribution in [1.29, 1.82) is 5.26 Å². The Balaban J connectivity index is 4.43. The minimum atomic E-state index is -4.46. The van der Waals surface area contributed by atoms with Gasteiger partial charge in [0, 0.05) is 26.2 Å². The van der Waals surface area contributed by atoms with Crippen molar-refractivity contribution in [3.05, 3.63) is 0 Å². The van der Waals surface area contributed by atoms with Gasteiger partial charge in [-0.2, -0.15) is 18.4 Å². The quantitative estimate of drug-likeness (QED) is 0.710. The molecule has 94 valence electrons. The molecule has 1 unspecified atom stereocenters. The number of methoxy groups -OCH3 is 1. The van der Waals surface area contributed by atoms with E-state index in [-0.39, 0.29) is 12.6 Å². The first kappa shape index (κ1) is 15.2. The summed E-state index contributed by atoms with van der Waals surface area (Å²) < 4.78 is 42.0. The number of nitrogens with zero attached hydrogens (tertiary/aromatic N) is 2. The number of ether oxygens (including phenoxy) is 1. The Morgan fingerprint density at radius 3 is 2.25 bits per heavy atom. The number of alkyl halides is 3. The van der Waals surface area contributed by atoms with Gasteiger partial charge in [-0.15, -0.1) is 0 Å². The van der Waals surface area contributed by atoms with Gasteiger partial charge in [0.1, 0.15) is 0 Å². The van der Waals surface area contributed by atoms with Crippen LogP contribution in [0.1, 0.15) is 13.8 Å². The maximum Gasteiger partial charge on any atom is 0.405 e. The topological polar surface area (TPSA) is 36.3 Å². The lowest BCUT2D eigenvalue weighted by molar-refractivity contribution is -0.164. The van der Waals surface area contributed by atoms with Gasteiger partial charge in [0.2, 0.25) is 0 Å². The molecule has 0 aliphatic carbocycles. The van der Waals surface area contributed by atoms with E-state index in [1.54, 1.807) is 18.7 Å². The SMILES string of the molecule is COCCN(CC(C#N)C(F)(F)F)C(C)C. The third kappa shape index (κ3) is 5.33. The van der Waals surface area contributed by atoms with E-state index in [0.717, 1.165) is 0 Å². The Morgan fingerprint density at radius 1 is 1.38 bits per heavy atom. The van der Waals surface area contributed by atoms with Gasteiger partial charge in [-0.05, 0) is 13.8 Å². The van der Waals surface area contributed by atoms with Crippen LogP contribution < -0.4 is 0 Å². The van der Waals surface area contributed by atoms with Gasteiger partial charge in [0.05, 0.1) is 12.7 Å². The highest BCUT2D eigenvalue weighted by Gasteiger charge is 2.41. The molecular formula is C10H17F3N2O. The Labute approximate surface area is 93.8 Å². The normalized spacial score (nSPS) is 14.2. The molecule has 0 amide bonds. The number of hydrogen-bond acceptors (Lipinski definition) is 3. The highest BCUT2D eigenvalue weighted by molar-refractivity contribution is 4.91. The van der Waals surface area contributed by atoms with Crippen LogP contribution >= 0.6 is 0 Å². The molecule has 6 heteroatoms. The molecule has 1 atom stereocenters. The van der Waals surface area contributed by atoms with Gasteiger partial charge in [0.15, 0.2) is 5.92 Å². The molecule has 0 aromatic rings. The van der Waals surface area contributed by atoms with Gasteiger partial charge < -0.3 is 4.74 Å². The predicted octanol–water partition coefficient (Wildman–Crippen LogP) is 2.05. The third-order valence-corrected chi connectivity index (χ3v) is 2.28. The van der Waals surface area contributed by atoms with E-state index in [9.17, 15) is 13.2 Å².